The van der Waals surface area contributed by atoms with Gasteiger partial charge < -0.3 is 13.9 Å². The van der Waals surface area contributed by atoms with Gasteiger partial charge in [-0.3, -0.25) is 4.79 Å². The Labute approximate surface area is 98.0 Å². The molecule has 5 nitrogen and oxygen atoms in total. The van der Waals surface area contributed by atoms with Crippen LogP contribution < -0.4 is 0 Å². The molecule has 0 aromatic carbocycles. The number of hydrogen-bond acceptors (Lipinski definition) is 5. The molecule has 0 saturated heterocycles. The Morgan fingerprint density at radius 2 is 2.29 bits per heavy atom. The fourth-order valence-electron chi connectivity index (χ4n) is 1.77. The molecule has 1 atom stereocenters. The molecule has 2 rings (SSSR count). The van der Waals surface area contributed by atoms with Crippen molar-refractivity contribution in [2.24, 2.45) is 0 Å². The molecule has 0 spiro atoms. The molecule has 0 unspecified atom stereocenters. The van der Waals surface area contributed by atoms with Crippen LogP contribution >= 0.6 is 0 Å². The van der Waals surface area contributed by atoms with E-state index >= 15 is 0 Å². The first-order valence-corrected chi connectivity index (χ1v) is 5.16. The van der Waals surface area contributed by atoms with Gasteiger partial charge in [-0.15, -0.1) is 0 Å². The third kappa shape index (κ3) is 2.08. The van der Waals surface area contributed by atoms with Crippen LogP contribution in [0.5, 0.6) is 0 Å². The van der Waals surface area contributed by atoms with Crippen molar-refractivity contribution in [3.05, 3.63) is 35.5 Å². The summed E-state index contributed by atoms with van der Waals surface area (Å²) in [5, 5.41) is 0. The summed E-state index contributed by atoms with van der Waals surface area (Å²) < 4.78 is 15.2. The summed E-state index contributed by atoms with van der Waals surface area (Å²) >= 11 is 0. The average molecular weight is 236 g/mol. The van der Waals surface area contributed by atoms with Gasteiger partial charge in [0.2, 0.25) is 0 Å². The average Bonchev–Trinajstić information content (AvgIpc) is 2.81. The maximum absolute atomic E-state index is 11.8. The summed E-state index contributed by atoms with van der Waals surface area (Å²) in [5.41, 5.74) is -0.0182. The van der Waals surface area contributed by atoms with Crippen LogP contribution in [0.1, 0.15) is 25.2 Å². The number of rotatable bonds is 2. The number of Topliss-reactive ketones (excluding diaryl/α,β-unsaturated/α-hetero) is 1. The SMILES string of the molecule is COC(=O)C1=C(C)O[C@H](c2ccco2)CC1=O. The fourth-order valence-corrected chi connectivity index (χ4v) is 1.77. The molecule has 1 aromatic heterocycles. The number of carbonyl (C=O) groups excluding carboxylic acids is 2. The quantitative estimate of drug-likeness (QED) is 0.578. The Morgan fingerprint density at radius 1 is 1.53 bits per heavy atom. The first-order valence-electron chi connectivity index (χ1n) is 5.16. The molecule has 1 aromatic rings. The van der Waals surface area contributed by atoms with Crippen molar-refractivity contribution in [2.45, 2.75) is 19.4 Å². The molecule has 0 amide bonds. The molecule has 0 fully saturated rings. The largest absolute Gasteiger partial charge is 0.486 e. The highest BCUT2D eigenvalue weighted by molar-refractivity contribution is 6.18. The Bertz CT molecular complexity index is 469. The third-order valence-electron chi connectivity index (χ3n) is 2.57. The second-order valence-electron chi connectivity index (χ2n) is 3.67. The van der Waals surface area contributed by atoms with Gasteiger partial charge in [-0.25, -0.2) is 4.79 Å². The van der Waals surface area contributed by atoms with E-state index < -0.39 is 12.1 Å². The topological polar surface area (TPSA) is 65.7 Å². The zero-order valence-electron chi connectivity index (χ0n) is 9.56. The van der Waals surface area contributed by atoms with Crippen molar-refractivity contribution in [2.75, 3.05) is 7.11 Å². The second-order valence-corrected chi connectivity index (χ2v) is 3.67. The lowest BCUT2D eigenvalue weighted by Gasteiger charge is -2.23. The van der Waals surface area contributed by atoms with E-state index in [0.29, 0.717) is 5.76 Å². The summed E-state index contributed by atoms with van der Waals surface area (Å²) in [6.45, 7) is 1.57. The minimum absolute atomic E-state index is 0.0182. The standard InChI is InChI=1S/C12H12O5/c1-7-11(12(14)15-2)8(13)6-10(17-7)9-4-3-5-16-9/h3-5,10H,6H2,1-2H3/t10-/m0/s1. The van der Waals surface area contributed by atoms with Crippen LogP contribution in [0.25, 0.3) is 0 Å². The summed E-state index contributed by atoms with van der Waals surface area (Å²) in [7, 11) is 1.23. The predicted molar refractivity (Wildman–Crippen MR) is 56.9 cm³/mol. The van der Waals surface area contributed by atoms with Gasteiger partial charge in [0.1, 0.15) is 17.1 Å². The zero-order chi connectivity index (χ0) is 12.4. The zero-order valence-corrected chi connectivity index (χ0v) is 9.56. The van der Waals surface area contributed by atoms with Crippen LogP contribution in [-0.4, -0.2) is 18.9 Å². The van der Waals surface area contributed by atoms with Crippen molar-refractivity contribution < 1.29 is 23.5 Å². The van der Waals surface area contributed by atoms with Gasteiger partial charge in [0.25, 0.3) is 0 Å². The predicted octanol–water partition coefficient (Wildman–Crippen LogP) is 1.76. The van der Waals surface area contributed by atoms with Gasteiger partial charge in [-0.1, -0.05) is 0 Å². The Kier molecular flexibility index (Phi) is 2.99. The highest BCUT2D eigenvalue weighted by atomic mass is 16.5. The molecule has 17 heavy (non-hydrogen) atoms. The van der Waals surface area contributed by atoms with Crippen molar-refractivity contribution in [3.8, 4) is 0 Å². The van der Waals surface area contributed by atoms with Gasteiger partial charge in [0, 0.05) is 0 Å². The minimum atomic E-state index is -0.662. The number of ether oxygens (including phenoxy) is 2. The molecule has 0 aliphatic carbocycles. The molecular weight excluding hydrogens is 224 g/mol. The van der Waals surface area contributed by atoms with Crippen LogP contribution in [0.15, 0.2) is 34.1 Å². The van der Waals surface area contributed by atoms with Crippen molar-refractivity contribution >= 4 is 11.8 Å². The summed E-state index contributed by atoms with van der Waals surface area (Å²) in [4.78, 5) is 23.2. The number of esters is 1. The highest BCUT2D eigenvalue weighted by Gasteiger charge is 2.33. The van der Waals surface area contributed by atoms with Crippen molar-refractivity contribution in [1.29, 1.82) is 0 Å². The van der Waals surface area contributed by atoms with E-state index in [0.717, 1.165) is 0 Å². The van der Waals surface area contributed by atoms with Gasteiger partial charge in [-0.05, 0) is 19.1 Å². The molecule has 0 saturated carbocycles. The Balaban J connectivity index is 2.27. The van der Waals surface area contributed by atoms with Gasteiger partial charge in [-0.2, -0.15) is 0 Å². The van der Waals surface area contributed by atoms with E-state index in [4.69, 9.17) is 9.15 Å². The molecule has 90 valence electrons. The normalized spacial score (nSPS) is 20.1. The van der Waals surface area contributed by atoms with Crippen LogP contribution in [0, 0.1) is 0 Å². The first-order chi connectivity index (χ1) is 8.13. The molecule has 0 radical (unpaired) electrons. The van der Waals surface area contributed by atoms with Gasteiger partial charge in [0.15, 0.2) is 11.9 Å². The van der Waals surface area contributed by atoms with E-state index in [-0.39, 0.29) is 23.5 Å². The number of methoxy groups -OCH3 is 1. The van der Waals surface area contributed by atoms with E-state index in [1.54, 1.807) is 19.1 Å². The van der Waals surface area contributed by atoms with Crippen LogP contribution in [0.3, 0.4) is 0 Å². The smallest absolute Gasteiger partial charge is 0.344 e. The number of ketones is 1. The molecule has 0 N–H and O–H groups in total. The first kappa shape index (κ1) is 11.4. The van der Waals surface area contributed by atoms with Crippen LogP contribution in [-0.2, 0) is 19.1 Å². The number of allylic oxidation sites excluding steroid dienone is 1. The van der Waals surface area contributed by atoms with Crippen molar-refractivity contribution in [1.82, 2.24) is 0 Å². The molecule has 0 bridgehead atoms. The maximum Gasteiger partial charge on any atom is 0.344 e. The Hall–Kier alpha value is -2.04. The maximum atomic E-state index is 11.8. The Morgan fingerprint density at radius 3 is 2.82 bits per heavy atom. The lowest BCUT2D eigenvalue weighted by atomic mass is 10.00. The van der Waals surface area contributed by atoms with E-state index in [9.17, 15) is 9.59 Å². The summed E-state index contributed by atoms with van der Waals surface area (Å²) in [5.74, 6) is -0.108. The minimum Gasteiger partial charge on any atom is -0.486 e. The molecule has 5 heteroatoms. The van der Waals surface area contributed by atoms with Gasteiger partial charge >= 0.3 is 5.97 Å². The second kappa shape index (κ2) is 4.45. The third-order valence-corrected chi connectivity index (χ3v) is 2.57. The van der Waals surface area contributed by atoms with Crippen molar-refractivity contribution in [3.63, 3.8) is 0 Å². The van der Waals surface area contributed by atoms with E-state index in [1.165, 1.54) is 13.4 Å². The van der Waals surface area contributed by atoms with Crippen LogP contribution in [0.2, 0.25) is 0 Å². The van der Waals surface area contributed by atoms with E-state index in [2.05, 4.69) is 4.74 Å². The van der Waals surface area contributed by atoms with Crippen LogP contribution in [0.4, 0.5) is 0 Å². The van der Waals surface area contributed by atoms with Gasteiger partial charge in [0.05, 0.1) is 19.8 Å². The number of furan rings is 1. The molecule has 1 aliphatic rings. The lowest BCUT2D eigenvalue weighted by molar-refractivity contribution is -0.139. The lowest BCUT2D eigenvalue weighted by Crippen LogP contribution is -2.25. The number of carbonyl (C=O) groups is 2. The molecular formula is C12H12O5. The fraction of sp³-hybridized carbons (Fsp3) is 0.333. The summed E-state index contributed by atoms with van der Waals surface area (Å²) in [6, 6.07) is 3.45. The summed E-state index contributed by atoms with van der Waals surface area (Å²) in [6.07, 6.45) is 1.12. The monoisotopic (exact) mass is 236 g/mol. The number of hydrogen-bond donors (Lipinski definition) is 0. The highest BCUT2D eigenvalue weighted by Crippen LogP contribution is 2.32. The molecule has 1 aliphatic heterocycles. The van der Waals surface area contributed by atoms with E-state index in [1.807, 2.05) is 0 Å². The molecule has 2 heterocycles.